The Hall–Kier alpha value is -3.66. The van der Waals surface area contributed by atoms with Gasteiger partial charge < -0.3 is 14.8 Å². The lowest BCUT2D eigenvalue weighted by Gasteiger charge is -2.05. The van der Waals surface area contributed by atoms with Crippen LogP contribution in [0.4, 0.5) is 0 Å². The standard InChI is InChI=1S/C19H16ClN7O3/c20-12-3-1-10(2-4-12)9-30-19-24-15-11(7-14-16(28)25-18(29)23-14)8-21-27(15)17(26-19)22-13-5-6-13/h1-4,7-8,13,28H,5-6,9H2,(H2,23,25,29)/b11-7+,22-17?. The van der Waals surface area contributed by atoms with Crippen LogP contribution in [0.25, 0.3) is 11.7 Å². The summed E-state index contributed by atoms with van der Waals surface area (Å²) in [6.45, 7) is 0.259. The summed E-state index contributed by atoms with van der Waals surface area (Å²) in [5.74, 6) is -0.268. The number of halogens is 1. The molecule has 0 unspecified atom stereocenters. The zero-order valence-corrected chi connectivity index (χ0v) is 16.3. The Bertz CT molecular complexity index is 1400. The molecular formula is C19H16ClN7O3. The van der Waals surface area contributed by atoms with Gasteiger partial charge in [-0.3, -0.25) is 4.98 Å². The van der Waals surface area contributed by atoms with E-state index < -0.39 is 5.69 Å². The maximum absolute atomic E-state index is 11.4. The van der Waals surface area contributed by atoms with Gasteiger partial charge in [0.1, 0.15) is 12.3 Å². The molecule has 0 bridgehead atoms. The molecular weight excluding hydrogens is 410 g/mol. The van der Waals surface area contributed by atoms with E-state index in [4.69, 9.17) is 16.3 Å². The molecule has 1 aromatic carbocycles. The van der Waals surface area contributed by atoms with Gasteiger partial charge >= 0.3 is 11.7 Å². The van der Waals surface area contributed by atoms with Crippen molar-refractivity contribution in [1.29, 1.82) is 0 Å². The Labute approximate surface area is 173 Å². The molecule has 0 amide bonds. The smallest absolute Gasteiger partial charge is 0.326 e. The highest BCUT2D eigenvalue weighted by Crippen LogP contribution is 2.22. The Balaban J connectivity index is 1.58. The van der Waals surface area contributed by atoms with Crippen LogP contribution in [0, 0.1) is 0 Å². The fraction of sp³-hybridized carbons (Fsp3) is 0.211. The normalized spacial score (nSPS) is 15.2. The molecule has 0 radical (unpaired) electrons. The van der Waals surface area contributed by atoms with Crippen molar-refractivity contribution in [2.24, 2.45) is 4.99 Å². The number of imidazole rings is 1. The first-order valence-corrected chi connectivity index (χ1v) is 9.63. The van der Waals surface area contributed by atoms with Crippen molar-refractivity contribution < 1.29 is 9.84 Å². The molecule has 0 saturated heterocycles. The van der Waals surface area contributed by atoms with E-state index in [9.17, 15) is 9.90 Å². The number of nitrogens with one attached hydrogen (secondary N) is 2. The number of hydrogen-bond acceptors (Lipinski definition) is 7. The molecule has 0 spiro atoms. The highest BCUT2D eigenvalue weighted by atomic mass is 35.5. The van der Waals surface area contributed by atoms with Gasteiger partial charge in [0.25, 0.3) is 5.62 Å². The van der Waals surface area contributed by atoms with Crippen molar-refractivity contribution in [2.75, 3.05) is 0 Å². The summed E-state index contributed by atoms with van der Waals surface area (Å²) in [7, 11) is 0. The molecule has 0 aliphatic heterocycles. The number of rotatable bonds is 5. The summed E-state index contributed by atoms with van der Waals surface area (Å²) in [6, 6.07) is 7.66. The van der Waals surface area contributed by atoms with Gasteiger partial charge in [-0.05, 0) is 36.6 Å². The lowest BCUT2D eigenvalue weighted by Crippen LogP contribution is -2.23. The third-order valence-electron chi connectivity index (χ3n) is 4.52. The van der Waals surface area contributed by atoms with Crippen molar-refractivity contribution >= 4 is 23.3 Å². The van der Waals surface area contributed by atoms with Crippen LogP contribution in [-0.4, -0.2) is 40.7 Å². The van der Waals surface area contributed by atoms with Crippen LogP contribution in [0.3, 0.4) is 0 Å². The molecule has 0 atom stereocenters. The second-order valence-electron chi connectivity index (χ2n) is 6.90. The highest BCUT2D eigenvalue weighted by molar-refractivity contribution is 6.30. The van der Waals surface area contributed by atoms with Gasteiger partial charge in [0, 0.05) is 10.2 Å². The number of hydrogen-bond donors (Lipinski definition) is 3. The first-order chi connectivity index (χ1) is 14.5. The molecule has 1 fully saturated rings. The third-order valence-corrected chi connectivity index (χ3v) is 4.77. The van der Waals surface area contributed by atoms with Crippen molar-refractivity contribution in [2.45, 2.75) is 25.5 Å². The van der Waals surface area contributed by atoms with Crippen LogP contribution < -0.4 is 21.3 Å². The lowest BCUT2D eigenvalue weighted by atomic mass is 10.2. The van der Waals surface area contributed by atoms with Crippen molar-refractivity contribution in [3.63, 3.8) is 0 Å². The van der Waals surface area contributed by atoms with E-state index in [0.717, 1.165) is 18.4 Å². The fourth-order valence-electron chi connectivity index (χ4n) is 2.85. The van der Waals surface area contributed by atoms with Gasteiger partial charge in [-0.15, -0.1) is 0 Å². The molecule has 10 nitrogen and oxygen atoms in total. The molecule has 3 N–H and O–H groups in total. The van der Waals surface area contributed by atoms with Gasteiger partial charge in [0.2, 0.25) is 5.88 Å². The van der Waals surface area contributed by atoms with E-state index in [1.807, 2.05) is 12.1 Å². The molecule has 152 valence electrons. The van der Waals surface area contributed by atoms with Gasteiger partial charge in [-0.2, -0.15) is 19.6 Å². The van der Waals surface area contributed by atoms with Crippen LogP contribution in [0.2, 0.25) is 5.02 Å². The number of benzene rings is 1. The maximum atomic E-state index is 11.4. The Kier molecular flexibility index (Phi) is 4.47. The predicted molar refractivity (Wildman–Crippen MR) is 107 cm³/mol. The molecule has 5 rings (SSSR count). The molecule has 4 aromatic rings. The fourth-order valence-corrected chi connectivity index (χ4v) is 2.98. The second-order valence-corrected chi connectivity index (χ2v) is 7.34. The van der Waals surface area contributed by atoms with E-state index in [1.54, 1.807) is 24.4 Å². The van der Waals surface area contributed by atoms with Crippen LogP contribution in [0.15, 0.2) is 40.2 Å². The first kappa shape index (κ1) is 18.4. The summed E-state index contributed by atoms with van der Waals surface area (Å²) in [5.41, 5.74) is 1.45. The maximum Gasteiger partial charge on any atom is 0.326 e. The first-order valence-electron chi connectivity index (χ1n) is 9.25. The van der Waals surface area contributed by atoms with Crippen LogP contribution in [-0.2, 0) is 6.61 Å². The summed E-state index contributed by atoms with van der Waals surface area (Å²) in [4.78, 5) is 29.6. The number of ether oxygens (including phenoxy) is 1. The highest BCUT2D eigenvalue weighted by Gasteiger charge is 2.21. The zero-order chi connectivity index (χ0) is 20.7. The molecule has 1 aliphatic rings. The zero-order valence-electron chi connectivity index (χ0n) is 15.5. The molecule has 1 aliphatic carbocycles. The molecule has 3 aromatic heterocycles. The molecule has 30 heavy (non-hydrogen) atoms. The molecule has 3 heterocycles. The van der Waals surface area contributed by atoms with Crippen molar-refractivity contribution in [1.82, 2.24) is 29.5 Å². The van der Waals surface area contributed by atoms with Crippen LogP contribution >= 0.6 is 11.6 Å². The lowest BCUT2D eigenvalue weighted by molar-refractivity contribution is 0.278. The quantitative estimate of drug-likeness (QED) is 0.430. The third kappa shape index (κ3) is 3.77. The number of nitrogens with zero attached hydrogens (tertiary/aromatic N) is 5. The van der Waals surface area contributed by atoms with Gasteiger partial charge in [-0.25, -0.2) is 9.79 Å². The van der Waals surface area contributed by atoms with Gasteiger partial charge in [0.05, 0.1) is 12.2 Å². The number of aromatic amines is 2. The largest absolute Gasteiger partial charge is 0.493 e. The van der Waals surface area contributed by atoms with Crippen molar-refractivity contribution in [3.8, 4) is 11.9 Å². The average Bonchev–Trinajstić information content (AvgIpc) is 3.36. The monoisotopic (exact) mass is 425 g/mol. The average molecular weight is 426 g/mol. The van der Waals surface area contributed by atoms with E-state index in [2.05, 4.69) is 30.0 Å². The van der Waals surface area contributed by atoms with E-state index in [-0.39, 0.29) is 30.2 Å². The minimum absolute atomic E-state index is 0.152. The molecule has 11 heteroatoms. The second kappa shape index (κ2) is 7.30. The minimum Gasteiger partial charge on any atom is -0.493 e. The number of H-pyrrole nitrogens is 2. The van der Waals surface area contributed by atoms with Crippen molar-refractivity contribution in [3.05, 3.63) is 68.1 Å². The topological polar surface area (TPSA) is 134 Å². The number of aromatic nitrogens is 6. The predicted octanol–water partition coefficient (Wildman–Crippen LogP) is 0.689. The summed E-state index contributed by atoms with van der Waals surface area (Å²) in [5, 5.41) is 15.4. The Morgan fingerprint density at radius 2 is 2.07 bits per heavy atom. The summed E-state index contributed by atoms with van der Waals surface area (Å²) in [6.07, 6.45) is 5.13. The number of fused-ring (bicyclic) bond motifs is 1. The van der Waals surface area contributed by atoms with Crippen LogP contribution in [0.5, 0.6) is 11.9 Å². The number of aromatic hydroxyl groups is 1. The summed E-state index contributed by atoms with van der Waals surface area (Å²) < 4.78 is 7.31. The SMILES string of the molecule is O=c1[nH]c(O)c(/C=c2\cnn3c(=NC4CC4)nc(OCc4ccc(Cl)cc4)nc23)[nH]1. The summed E-state index contributed by atoms with van der Waals surface area (Å²) >= 11 is 5.92. The van der Waals surface area contributed by atoms with Gasteiger partial charge in [0.15, 0.2) is 5.65 Å². The minimum atomic E-state index is -0.513. The van der Waals surface area contributed by atoms with E-state index in [0.29, 0.717) is 21.5 Å². The molecule has 1 saturated carbocycles. The van der Waals surface area contributed by atoms with Crippen LogP contribution in [0.1, 0.15) is 24.1 Å². The van der Waals surface area contributed by atoms with Gasteiger partial charge in [-0.1, -0.05) is 23.7 Å². The Morgan fingerprint density at radius 1 is 1.27 bits per heavy atom. The van der Waals surface area contributed by atoms with E-state index >= 15 is 0 Å². The van der Waals surface area contributed by atoms with E-state index in [1.165, 1.54) is 4.52 Å². The Morgan fingerprint density at radius 3 is 2.77 bits per heavy atom.